The largest absolute Gasteiger partial charge is 0.373 e. The van der Waals surface area contributed by atoms with Crippen molar-refractivity contribution in [1.29, 1.82) is 0 Å². The molecule has 1 fully saturated rings. The molecule has 112 valence electrons. The van der Waals surface area contributed by atoms with Crippen LogP contribution in [0.1, 0.15) is 57.9 Å². The molecule has 2 atom stereocenters. The van der Waals surface area contributed by atoms with Gasteiger partial charge < -0.3 is 10.6 Å². The predicted molar refractivity (Wildman–Crippen MR) is 85.3 cm³/mol. The van der Waals surface area contributed by atoms with Crippen LogP contribution < -0.4 is 10.6 Å². The maximum atomic E-state index is 4.46. The number of nitrogens with zero attached hydrogens (tertiary/aromatic N) is 2. The maximum absolute atomic E-state index is 4.46. The summed E-state index contributed by atoms with van der Waals surface area (Å²) >= 11 is 0. The first-order valence-corrected chi connectivity index (χ1v) is 7.90. The smallest absolute Gasteiger partial charge is 0.134 e. The molecule has 2 unspecified atom stereocenters. The van der Waals surface area contributed by atoms with Gasteiger partial charge in [-0.3, -0.25) is 0 Å². The van der Waals surface area contributed by atoms with Crippen LogP contribution in [-0.4, -0.2) is 23.6 Å². The van der Waals surface area contributed by atoms with Crippen molar-refractivity contribution < 1.29 is 0 Å². The average molecular weight is 276 g/mol. The van der Waals surface area contributed by atoms with Crippen LogP contribution in [0.15, 0.2) is 6.33 Å². The summed E-state index contributed by atoms with van der Waals surface area (Å²) in [5.41, 5.74) is 1.19. The lowest BCUT2D eigenvalue weighted by atomic mass is 9.80. The summed E-state index contributed by atoms with van der Waals surface area (Å²) in [5.74, 6) is 3.94. The van der Waals surface area contributed by atoms with E-state index < -0.39 is 0 Å². The second kappa shape index (κ2) is 6.91. The van der Waals surface area contributed by atoms with E-state index >= 15 is 0 Å². The molecule has 1 heterocycles. The Hall–Kier alpha value is -1.32. The van der Waals surface area contributed by atoms with Crippen LogP contribution in [0.4, 0.5) is 11.6 Å². The van der Waals surface area contributed by atoms with E-state index in [2.05, 4.69) is 41.4 Å². The zero-order chi connectivity index (χ0) is 14.5. The molecule has 20 heavy (non-hydrogen) atoms. The molecule has 4 nitrogen and oxygen atoms in total. The van der Waals surface area contributed by atoms with Crippen LogP contribution in [0.5, 0.6) is 0 Å². The van der Waals surface area contributed by atoms with Crippen molar-refractivity contribution in [2.45, 2.75) is 52.4 Å². The molecule has 0 bridgehead atoms. The van der Waals surface area contributed by atoms with E-state index in [9.17, 15) is 0 Å². The summed E-state index contributed by atoms with van der Waals surface area (Å²) in [4.78, 5) is 8.78. The number of aromatic nitrogens is 2. The summed E-state index contributed by atoms with van der Waals surface area (Å²) in [6.45, 7) is 7.79. The molecule has 0 aliphatic heterocycles. The number of rotatable bonds is 5. The van der Waals surface area contributed by atoms with Crippen LogP contribution in [0.3, 0.4) is 0 Å². The van der Waals surface area contributed by atoms with Gasteiger partial charge in [0.1, 0.15) is 18.0 Å². The Morgan fingerprint density at radius 1 is 1.20 bits per heavy atom. The second-order valence-corrected chi connectivity index (χ2v) is 6.29. The monoisotopic (exact) mass is 276 g/mol. The molecule has 1 aromatic heterocycles. The highest BCUT2D eigenvalue weighted by Crippen LogP contribution is 2.31. The normalized spacial score (nSPS) is 22.9. The molecule has 0 radical (unpaired) electrons. The van der Waals surface area contributed by atoms with E-state index in [-0.39, 0.29) is 0 Å². The van der Waals surface area contributed by atoms with Gasteiger partial charge in [-0.2, -0.15) is 0 Å². The molecule has 1 aliphatic carbocycles. The van der Waals surface area contributed by atoms with E-state index in [0.717, 1.165) is 30.0 Å². The lowest BCUT2D eigenvalue weighted by Gasteiger charge is -2.29. The van der Waals surface area contributed by atoms with Crippen molar-refractivity contribution >= 4 is 11.6 Å². The Balaban J connectivity index is 2.08. The molecule has 2 rings (SSSR count). The molecule has 2 N–H and O–H groups in total. The molecule has 1 saturated carbocycles. The molecule has 0 spiro atoms. The number of nitrogens with one attached hydrogen (secondary N) is 2. The number of anilines is 2. The molecule has 0 aromatic carbocycles. The van der Waals surface area contributed by atoms with Crippen molar-refractivity contribution in [1.82, 2.24) is 9.97 Å². The van der Waals surface area contributed by atoms with Gasteiger partial charge >= 0.3 is 0 Å². The SMILES string of the molecule is CNc1ncnc(NCC2CCCCC2C)c1C(C)C. The van der Waals surface area contributed by atoms with Crippen molar-refractivity contribution in [3.8, 4) is 0 Å². The van der Waals surface area contributed by atoms with E-state index in [0.29, 0.717) is 5.92 Å². The van der Waals surface area contributed by atoms with Crippen molar-refractivity contribution in [3.05, 3.63) is 11.9 Å². The summed E-state index contributed by atoms with van der Waals surface area (Å²) in [7, 11) is 1.92. The van der Waals surface area contributed by atoms with Crippen molar-refractivity contribution in [3.63, 3.8) is 0 Å². The minimum atomic E-state index is 0.407. The van der Waals surface area contributed by atoms with E-state index in [1.807, 2.05) is 7.05 Å². The van der Waals surface area contributed by atoms with Crippen molar-refractivity contribution in [2.24, 2.45) is 11.8 Å². The molecule has 0 saturated heterocycles. The first-order valence-electron chi connectivity index (χ1n) is 7.90. The average Bonchev–Trinajstić information content (AvgIpc) is 2.45. The van der Waals surface area contributed by atoms with Gasteiger partial charge in [0.2, 0.25) is 0 Å². The van der Waals surface area contributed by atoms with E-state index in [1.54, 1.807) is 6.33 Å². The molecular weight excluding hydrogens is 248 g/mol. The zero-order valence-electron chi connectivity index (χ0n) is 13.2. The summed E-state index contributed by atoms with van der Waals surface area (Å²) in [5, 5.41) is 6.75. The number of hydrogen-bond acceptors (Lipinski definition) is 4. The highest BCUT2D eigenvalue weighted by molar-refractivity contribution is 5.58. The van der Waals surface area contributed by atoms with Gasteiger partial charge in [0.15, 0.2) is 0 Å². The van der Waals surface area contributed by atoms with Crippen LogP contribution in [0.25, 0.3) is 0 Å². The fourth-order valence-electron chi connectivity index (χ4n) is 3.21. The third kappa shape index (κ3) is 3.41. The highest BCUT2D eigenvalue weighted by atomic mass is 15.1. The van der Waals surface area contributed by atoms with Crippen LogP contribution in [0, 0.1) is 11.8 Å². The van der Waals surface area contributed by atoms with Gasteiger partial charge in [0, 0.05) is 19.2 Å². The van der Waals surface area contributed by atoms with Gasteiger partial charge in [0.25, 0.3) is 0 Å². The molecule has 0 amide bonds. The summed E-state index contributed by atoms with van der Waals surface area (Å²) in [6.07, 6.45) is 7.13. The zero-order valence-corrected chi connectivity index (χ0v) is 13.2. The Labute approximate surface area is 122 Å². The number of hydrogen-bond donors (Lipinski definition) is 2. The van der Waals surface area contributed by atoms with Gasteiger partial charge in [-0.05, 0) is 24.2 Å². The van der Waals surface area contributed by atoms with Gasteiger partial charge in [0.05, 0.1) is 0 Å². The summed E-state index contributed by atoms with van der Waals surface area (Å²) < 4.78 is 0. The topological polar surface area (TPSA) is 49.8 Å². The minimum Gasteiger partial charge on any atom is -0.373 e. The first kappa shape index (κ1) is 15.1. The maximum Gasteiger partial charge on any atom is 0.134 e. The Kier molecular flexibility index (Phi) is 5.21. The minimum absolute atomic E-state index is 0.407. The fraction of sp³-hybridized carbons (Fsp3) is 0.750. The fourth-order valence-corrected chi connectivity index (χ4v) is 3.21. The lowest BCUT2D eigenvalue weighted by molar-refractivity contribution is 0.268. The van der Waals surface area contributed by atoms with Gasteiger partial charge in [-0.1, -0.05) is 40.0 Å². The van der Waals surface area contributed by atoms with Crippen molar-refractivity contribution in [2.75, 3.05) is 24.2 Å². The molecule has 4 heteroatoms. The molecular formula is C16H28N4. The molecule has 1 aromatic rings. The van der Waals surface area contributed by atoms with E-state index in [1.165, 1.54) is 31.2 Å². The summed E-state index contributed by atoms with van der Waals surface area (Å²) in [6, 6.07) is 0. The second-order valence-electron chi connectivity index (χ2n) is 6.29. The molecule has 1 aliphatic rings. The predicted octanol–water partition coefficient (Wildman–Crippen LogP) is 3.88. The Morgan fingerprint density at radius 3 is 2.55 bits per heavy atom. The Morgan fingerprint density at radius 2 is 1.90 bits per heavy atom. The third-order valence-electron chi connectivity index (χ3n) is 4.52. The standard InChI is InChI=1S/C16H28N4/c1-11(2)14-15(17-4)19-10-20-16(14)18-9-13-8-6-5-7-12(13)3/h10-13H,5-9H2,1-4H3,(H2,17,18,19,20). The highest BCUT2D eigenvalue weighted by Gasteiger charge is 2.22. The van der Waals surface area contributed by atoms with Crippen LogP contribution in [0.2, 0.25) is 0 Å². The van der Waals surface area contributed by atoms with Gasteiger partial charge in [-0.25, -0.2) is 9.97 Å². The third-order valence-corrected chi connectivity index (χ3v) is 4.52. The van der Waals surface area contributed by atoms with E-state index in [4.69, 9.17) is 0 Å². The first-order chi connectivity index (χ1) is 9.63. The van der Waals surface area contributed by atoms with Crippen LogP contribution >= 0.6 is 0 Å². The Bertz CT molecular complexity index is 430. The van der Waals surface area contributed by atoms with Crippen LogP contribution in [-0.2, 0) is 0 Å². The lowest BCUT2D eigenvalue weighted by Crippen LogP contribution is -2.25. The quantitative estimate of drug-likeness (QED) is 0.857. The van der Waals surface area contributed by atoms with Gasteiger partial charge in [-0.15, -0.1) is 0 Å².